The zero-order chi connectivity index (χ0) is 21.6. The zero-order valence-corrected chi connectivity index (χ0v) is 17.9. The molecule has 4 heterocycles. The van der Waals surface area contributed by atoms with Gasteiger partial charge in [0.15, 0.2) is 5.82 Å². The van der Waals surface area contributed by atoms with Gasteiger partial charge in [-0.25, -0.2) is 19.9 Å². The molecule has 4 aromatic rings. The average Bonchev–Trinajstić information content (AvgIpc) is 2.88. The summed E-state index contributed by atoms with van der Waals surface area (Å²) in [4.78, 5) is 27.2. The second-order valence-electron chi connectivity index (χ2n) is 7.81. The van der Waals surface area contributed by atoms with E-state index in [0.29, 0.717) is 5.82 Å². The molecular formula is C24H26N8. The van der Waals surface area contributed by atoms with Gasteiger partial charge < -0.3 is 10.2 Å². The van der Waals surface area contributed by atoms with E-state index in [9.17, 15) is 0 Å². The van der Waals surface area contributed by atoms with Crippen LogP contribution in [0.5, 0.6) is 0 Å². The summed E-state index contributed by atoms with van der Waals surface area (Å²) in [5.74, 6) is 2.40. The predicted molar refractivity (Wildman–Crippen MR) is 127 cm³/mol. The highest BCUT2D eigenvalue weighted by Gasteiger charge is 2.18. The molecule has 1 aromatic carbocycles. The molecule has 0 bridgehead atoms. The summed E-state index contributed by atoms with van der Waals surface area (Å²) in [6.45, 7) is 5.88. The molecular weight excluding hydrogens is 400 g/mol. The summed E-state index contributed by atoms with van der Waals surface area (Å²) in [5.41, 5.74) is 1.85. The van der Waals surface area contributed by atoms with E-state index in [2.05, 4.69) is 36.1 Å². The third kappa shape index (κ3) is 4.65. The van der Waals surface area contributed by atoms with Crippen LogP contribution in [-0.2, 0) is 0 Å². The topological polar surface area (TPSA) is 83.0 Å². The highest BCUT2D eigenvalue weighted by atomic mass is 15.3. The molecule has 1 aliphatic heterocycles. The van der Waals surface area contributed by atoms with E-state index in [1.165, 1.54) is 0 Å². The van der Waals surface area contributed by atoms with Crippen LogP contribution in [0.2, 0.25) is 0 Å². The molecule has 1 saturated heterocycles. The average molecular weight is 427 g/mol. The van der Waals surface area contributed by atoms with Crippen LogP contribution in [0.4, 0.5) is 11.8 Å². The van der Waals surface area contributed by atoms with Gasteiger partial charge in [0.05, 0.1) is 5.52 Å². The van der Waals surface area contributed by atoms with Crippen molar-refractivity contribution < 1.29 is 0 Å². The Morgan fingerprint density at radius 1 is 0.844 bits per heavy atom. The number of nitrogens with zero attached hydrogens (tertiary/aromatic N) is 7. The van der Waals surface area contributed by atoms with Gasteiger partial charge in [0, 0.05) is 68.5 Å². The summed E-state index contributed by atoms with van der Waals surface area (Å²) in [5, 5.41) is 4.58. The minimum atomic E-state index is 0.693. The zero-order valence-electron chi connectivity index (χ0n) is 17.9. The maximum Gasteiger partial charge on any atom is 0.225 e. The van der Waals surface area contributed by atoms with E-state index < -0.39 is 0 Å². The molecule has 0 spiro atoms. The normalized spacial score (nSPS) is 14.6. The molecule has 162 valence electrons. The molecule has 0 atom stereocenters. The second kappa shape index (κ2) is 9.65. The van der Waals surface area contributed by atoms with Crippen LogP contribution in [-0.4, -0.2) is 69.1 Å². The van der Waals surface area contributed by atoms with Crippen LogP contribution in [0.1, 0.15) is 6.42 Å². The molecule has 0 aliphatic carbocycles. The number of fused-ring (bicyclic) bond motifs is 1. The fourth-order valence-corrected chi connectivity index (χ4v) is 3.97. The quantitative estimate of drug-likeness (QED) is 0.452. The molecule has 1 aliphatic rings. The Bertz CT molecular complexity index is 1140. The number of rotatable bonds is 7. The molecule has 8 heteroatoms. The predicted octanol–water partition coefficient (Wildman–Crippen LogP) is 3.11. The van der Waals surface area contributed by atoms with Crippen LogP contribution < -0.4 is 10.2 Å². The third-order valence-corrected chi connectivity index (χ3v) is 5.67. The fourth-order valence-electron chi connectivity index (χ4n) is 3.97. The molecule has 0 unspecified atom stereocenters. The van der Waals surface area contributed by atoms with Gasteiger partial charge in [0.2, 0.25) is 5.95 Å². The van der Waals surface area contributed by atoms with Crippen molar-refractivity contribution >= 4 is 22.7 Å². The first-order valence-corrected chi connectivity index (χ1v) is 11.0. The third-order valence-electron chi connectivity index (χ3n) is 5.67. The first kappa shape index (κ1) is 20.3. The second-order valence-corrected chi connectivity index (χ2v) is 7.81. The molecule has 3 aromatic heterocycles. The summed E-state index contributed by atoms with van der Waals surface area (Å²) < 4.78 is 0. The molecule has 0 amide bonds. The van der Waals surface area contributed by atoms with Crippen molar-refractivity contribution in [2.24, 2.45) is 0 Å². The van der Waals surface area contributed by atoms with Gasteiger partial charge in [-0.15, -0.1) is 0 Å². The Morgan fingerprint density at radius 2 is 1.69 bits per heavy atom. The van der Waals surface area contributed by atoms with Gasteiger partial charge >= 0.3 is 0 Å². The monoisotopic (exact) mass is 426 g/mol. The minimum Gasteiger partial charge on any atom is -0.369 e. The van der Waals surface area contributed by atoms with E-state index in [0.717, 1.165) is 73.9 Å². The van der Waals surface area contributed by atoms with E-state index in [1.807, 2.05) is 36.4 Å². The minimum absolute atomic E-state index is 0.693. The largest absolute Gasteiger partial charge is 0.369 e. The number of anilines is 2. The lowest BCUT2D eigenvalue weighted by Crippen LogP contribution is -2.47. The molecule has 5 rings (SSSR count). The molecule has 1 N–H and O–H groups in total. The van der Waals surface area contributed by atoms with Gasteiger partial charge in [-0.05, 0) is 43.3 Å². The van der Waals surface area contributed by atoms with Crippen LogP contribution in [0.25, 0.3) is 22.3 Å². The highest BCUT2D eigenvalue weighted by Crippen LogP contribution is 2.24. The van der Waals surface area contributed by atoms with Crippen molar-refractivity contribution in [3.8, 4) is 11.4 Å². The van der Waals surface area contributed by atoms with Crippen molar-refractivity contribution in [2.45, 2.75) is 6.42 Å². The SMILES string of the molecule is c1cnc(N2CCN(CCCNc3nc(-c4cccnc4)nc4ccccc34)CC2)nc1. The molecule has 0 radical (unpaired) electrons. The van der Waals surface area contributed by atoms with Crippen molar-refractivity contribution in [3.05, 3.63) is 67.3 Å². The number of pyridine rings is 1. The summed E-state index contributed by atoms with van der Waals surface area (Å²) in [6.07, 6.45) is 8.21. The standard InChI is InChI=1S/C24H26N8/c1-2-8-21-20(7-1)23(30-22(29-21)19-6-3-9-25-18-19)26-12-5-13-31-14-16-32(17-15-31)24-27-10-4-11-28-24/h1-4,6-11,18H,5,12-17H2,(H,26,29,30). The molecule has 1 fully saturated rings. The fraction of sp³-hybridized carbons (Fsp3) is 0.292. The number of hydrogen-bond acceptors (Lipinski definition) is 8. The maximum atomic E-state index is 4.80. The lowest BCUT2D eigenvalue weighted by atomic mass is 10.2. The smallest absolute Gasteiger partial charge is 0.225 e. The Hall–Kier alpha value is -3.65. The van der Waals surface area contributed by atoms with Gasteiger partial charge in [0.1, 0.15) is 5.82 Å². The molecule has 0 saturated carbocycles. The Balaban J connectivity index is 1.18. The van der Waals surface area contributed by atoms with Crippen molar-refractivity contribution in [1.82, 2.24) is 29.8 Å². The van der Waals surface area contributed by atoms with Crippen LogP contribution in [0.15, 0.2) is 67.3 Å². The first-order chi connectivity index (χ1) is 15.9. The summed E-state index contributed by atoms with van der Waals surface area (Å²) in [7, 11) is 0. The number of piperazine rings is 1. The van der Waals surface area contributed by atoms with Gasteiger partial charge in [-0.2, -0.15) is 0 Å². The van der Waals surface area contributed by atoms with Crippen LogP contribution >= 0.6 is 0 Å². The van der Waals surface area contributed by atoms with E-state index in [4.69, 9.17) is 9.97 Å². The highest BCUT2D eigenvalue weighted by molar-refractivity contribution is 5.90. The van der Waals surface area contributed by atoms with E-state index in [-0.39, 0.29) is 0 Å². The number of nitrogens with one attached hydrogen (secondary N) is 1. The Labute approximate surface area is 187 Å². The number of benzene rings is 1. The van der Waals surface area contributed by atoms with E-state index in [1.54, 1.807) is 24.8 Å². The van der Waals surface area contributed by atoms with Gasteiger partial charge in [-0.3, -0.25) is 9.88 Å². The van der Waals surface area contributed by atoms with Crippen molar-refractivity contribution in [1.29, 1.82) is 0 Å². The van der Waals surface area contributed by atoms with E-state index >= 15 is 0 Å². The van der Waals surface area contributed by atoms with Crippen molar-refractivity contribution in [3.63, 3.8) is 0 Å². The number of aromatic nitrogens is 5. The molecule has 8 nitrogen and oxygen atoms in total. The van der Waals surface area contributed by atoms with Crippen LogP contribution in [0.3, 0.4) is 0 Å². The van der Waals surface area contributed by atoms with Gasteiger partial charge in [0.25, 0.3) is 0 Å². The summed E-state index contributed by atoms with van der Waals surface area (Å²) >= 11 is 0. The van der Waals surface area contributed by atoms with Crippen LogP contribution in [0, 0.1) is 0 Å². The van der Waals surface area contributed by atoms with Gasteiger partial charge in [-0.1, -0.05) is 12.1 Å². The summed E-state index contributed by atoms with van der Waals surface area (Å²) in [6, 6.07) is 13.9. The Morgan fingerprint density at radius 3 is 2.50 bits per heavy atom. The maximum absolute atomic E-state index is 4.80. The number of para-hydroxylation sites is 1. The Kier molecular flexibility index (Phi) is 6.11. The number of hydrogen-bond donors (Lipinski definition) is 1. The lowest BCUT2D eigenvalue weighted by Gasteiger charge is -2.34. The van der Waals surface area contributed by atoms with Crippen molar-refractivity contribution in [2.75, 3.05) is 49.5 Å². The lowest BCUT2D eigenvalue weighted by molar-refractivity contribution is 0.256. The first-order valence-electron chi connectivity index (χ1n) is 11.0. The molecule has 32 heavy (non-hydrogen) atoms.